The molecule has 4 heterocycles. The van der Waals surface area contributed by atoms with Crippen molar-refractivity contribution in [1.29, 1.82) is 0 Å². The van der Waals surface area contributed by atoms with Gasteiger partial charge in [-0.15, -0.1) is 11.3 Å². The molecule has 38 heavy (non-hydrogen) atoms. The van der Waals surface area contributed by atoms with Gasteiger partial charge in [-0.3, -0.25) is 14.7 Å². The van der Waals surface area contributed by atoms with Gasteiger partial charge in [0.2, 0.25) is 0 Å². The van der Waals surface area contributed by atoms with Gasteiger partial charge in [-0.05, 0) is 19.4 Å². The van der Waals surface area contributed by atoms with Crippen LogP contribution in [0.3, 0.4) is 0 Å². The summed E-state index contributed by atoms with van der Waals surface area (Å²) in [7, 11) is 0. The molecule has 2 bridgehead atoms. The van der Waals surface area contributed by atoms with Gasteiger partial charge in [0.1, 0.15) is 12.2 Å². The van der Waals surface area contributed by atoms with Gasteiger partial charge in [-0.1, -0.05) is 29.8 Å². The summed E-state index contributed by atoms with van der Waals surface area (Å²) >= 11 is 7.97. The Labute approximate surface area is 228 Å². The molecule has 2 aromatic rings. The molecular formula is C26H28ClFN4O5S. The Morgan fingerprint density at radius 2 is 2.16 bits per heavy atom. The van der Waals surface area contributed by atoms with Gasteiger partial charge in [0.15, 0.2) is 10.8 Å². The second-order valence-electron chi connectivity index (χ2n) is 9.45. The normalized spacial score (nSPS) is 27.4. The second-order valence-corrected chi connectivity index (χ2v) is 10.7. The van der Waals surface area contributed by atoms with Gasteiger partial charge >= 0.3 is 11.9 Å². The van der Waals surface area contributed by atoms with E-state index in [4.69, 9.17) is 26.1 Å². The number of aliphatic carboxylic acids is 1. The van der Waals surface area contributed by atoms with E-state index in [1.807, 2.05) is 22.4 Å². The number of thiazole rings is 1. The molecule has 2 N–H and O–H groups in total. The molecule has 0 radical (unpaired) electrons. The van der Waals surface area contributed by atoms with Crippen molar-refractivity contribution in [2.24, 2.45) is 10.9 Å². The Kier molecular flexibility index (Phi) is 8.08. The molecule has 5 rings (SSSR count). The van der Waals surface area contributed by atoms with E-state index >= 15 is 4.39 Å². The number of carboxylic acid groups (broad SMARTS) is 1. The summed E-state index contributed by atoms with van der Waals surface area (Å²) in [5.74, 6) is -1.67. The van der Waals surface area contributed by atoms with E-state index in [-0.39, 0.29) is 32.2 Å². The van der Waals surface area contributed by atoms with Gasteiger partial charge in [0.05, 0.1) is 37.9 Å². The van der Waals surface area contributed by atoms with Gasteiger partial charge in [-0.25, -0.2) is 14.2 Å². The van der Waals surface area contributed by atoms with Crippen LogP contribution in [-0.4, -0.2) is 77.4 Å². The number of aromatic nitrogens is 1. The minimum atomic E-state index is -1.38. The van der Waals surface area contributed by atoms with Gasteiger partial charge < -0.3 is 19.9 Å². The van der Waals surface area contributed by atoms with Crippen molar-refractivity contribution in [1.82, 2.24) is 15.2 Å². The monoisotopic (exact) mass is 562 g/mol. The molecule has 0 unspecified atom stereocenters. The number of nitrogens with one attached hydrogen (secondary N) is 1. The number of rotatable bonds is 8. The fourth-order valence-corrected chi connectivity index (χ4v) is 6.28. The lowest BCUT2D eigenvalue weighted by atomic mass is 9.81. The highest BCUT2D eigenvalue weighted by molar-refractivity contribution is 7.11. The van der Waals surface area contributed by atoms with Crippen molar-refractivity contribution in [3.63, 3.8) is 0 Å². The highest BCUT2D eigenvalue weighted by Crippen LogP contribution is 2.39. The van der Waals surface area contributed by atoms with Crippen LogP contribution in [0.1, 0.15) is 36.4 Å². The number of nitrogens with zero attached hydrogens (tertiary/aromatic N) is 3. The Bertz CT molecular complexity index is 1260. The summed E-state index contributed by atoms with van der Waals surface area (Å²) in [6.07, 6.45) is 0.394. The third kappa shape index (κ3) is 5.33. The van der Waals surface area contributed by atoms with Crippen LogP contribution >= 0.6 is 22.9 Å². The number of halogens is 2. The Hall–Kier alpha value is -2.86. The third-order valence-electron chi connectivity index (χ3n) is 7.12. The lowest BCUT2D eigenvalue weighted by molar-refractivity contribution is -0.146. The minimum Gasteiger partial charge on any atom is -0.481 e. The Balaban J connectivity index is 1.56. The number of esters is 1. The number of amidine groups is 1. The Morgan fingerprint density at radius 3 is 2.87 bits per heavy atom. The van der Waals surface area contributed by atoms with Crippen LogP contribution in [0.2, 0.25) is 5.02 Å². The summed E-state index contributed by atoms with van der Waals surface area (Å²) in [6, 6.07) is 5.57. The molecule has 3 aliphatic heterocycles. The average Bonchev–Trinajstić information content (AvgIpc) is 3.43. The molecule has 1 aromatic heterocycles. The summed E-state index contributed by atoms with van der Waals surface area (Å²) in [5.41, 5.74) is 1.45. The van der Waals surface area contributed by atoms with Crippen LogP contribution in [0, 0.1) is 5.92 Å². The lowest BCUT2D eigenvalue weighted by Gasteiger charge is -2.50. The van der Waals surface area contributed by atoms with Gasteiger partial charge in [0, 0.05) is 46.4 Å². The first-order chi connectivity index (χ1) is 18.4. The van der Waals surface area contributed by atoms with Crippen LogP contribution in [0.5, 0.6) is 0 Å². The number of carbonyl (C=O) groups is 2. The molecule has 9 nitrogen and oxygen atoms in total. The maximum absolute atomic E-state index is 15.6. The van der Waals surface area contributed by atoms with E-state index in [1.54, 1.807) is 25.3 Å². The number of aliphatic imine (C=N–C) groups is 1. The van der Waals surface area contributed by atoms with Crippen molar-refractivity contribution in [2.75, 3.05) is 26.4 Å². The summed E-state index contributed by atoms with van der Waals surface area (Å²) < 4.78 is 26.7. The zero-order valence-electron chi connectivity index (χ0n) is 20.7. The fourth-order valence-electron chi connectivity index (χ4n) is 5.45. The third-order valence-corrected chi connectivity index (χ3v) is 8.24. The van der Waals surface area contributed by atoms with E-state index in [0.717, 1.165) is 0 Å². The maximum atomic E-state index is 15.6. The van der Waals surface area contributed by atoms with E-state index in [2.05, 4.69) is 10.3 Å². The molecule has 3 aliphatic rings. The van der Waals surface area contributed by atoms with Crippen LogP contribution in [0.25, 0.3) is 0 Å². The van der Waals surface area contributed by atoms with Crippen molar-refractivity contribution in [2.45, 2.75) is 44.1 Å². The number of fused-ring (bicyclic) bond motifs is 2. The number of carbonyl (C=O) groups excluding carboxylic acids is 1. The highest BCUT2D eigenvalue weighted by atomic mass is 35.5. The van der Waals surface area contributed by atoms with Crippen LogP contribution < -0.4 is 5.32 Å². The number of morpholine rings is 1. The number of ether oxygens (including phenoxy) is 2. The summed E-state index contributed by atoms with van der Waals surface area (Å²) in [5, 5.41) is 15.5. The van der Waals surface area contributed by atoms with Crippen LogP contribution in [-0.2, 0) is 19.1 Å². The topological polar surface area (TPSA) is 113 Å². The smallest absolute Gasteiger partial charge is 0.338 e. The summed E-state index contributed by atoms with van der Waals surface area (Å²) in [4.78, 5) is 35.9. The molecule has 12 heteroatoms. The minimum absolute atomic E-state index is 0.136. The largest absolute Gasteiger partial charge is 0.481 e. The number of piperidine rings is 1. The van der Waals surface area contributed by atoms with Crippen molar-refractivity contribution in [3.8, 4) is 0 Å². The highest BCUT2D eigenvalue weighted by Gasteiger charge is 2.47. The molecule has 2 fully saturated rings. The number of hydrogen-bond donors (Lipinski definition) is 2. The van der Waals surface area contributed by atoms with Crippen molar-refractivity contribution in [3.05, 3.63) is 62.7 Å². The van der Waals surface area contributed by atoms with Gasteiger partial charge in [-0.2, -0.15) is 0 Å². The number of alkyl halides is 1. The Morgan fingerprint density at radius 1 is 1.34 bits per heavy atom. The molecule has 0 spiro atoms. The first kappa shape index (κ1) is 26.7. The average molecular weight is 563 g/mol. The standard InChI is InChI=1S/C26H28ClFN4O5S/c1-2-37-26(35)21-18(11-32-15-9-14(10-20(33)34)22(28)19(32)13-36-12-15)30-24(25-29-7-8-38-25)31-23(21)16-5-3-4-6-17(16)27/h3-8,14-15,19,22-23H,2,9-13H2,1H3,(H,30,31)(H,33,34)/t14-,15-,19+,22-,23+/m1/s1. The predicted octanol–water partition coefficient (Wildman–Crippen LogP) is 3.61. The molecule has 5 atom stereocenters. The summed E-state index contributed by atoms with van der Waals surface area (Å²) in [6.45, 7) is 2.57. The number of benzene rings is 1. The van der Waals surface area contributed by atoms with E-state index in [0.29, 0.717) is 45.7 Å². The quantitative estimate of drug-likeness (QED) is 0.469. The number of carboxylic acids is 1. The van der Waals surface area contributed by atoms with Crippen LogP contribution in [0.4, 0.5) is 4.39 Å². The maximum Gasteiger partial charge on any atom is 0.338 e. The zero-order valence-corrected chi connectivity index (χ0v) is 22.3. The second kappa shape index (κ2) is 11.5. The van der Waals surface area contributed by atoms with E-state index < -0.39 is 36.1 Å². The van der Waals surface area contributed by atoms with E-state index in [1.165, 1.54) is 11.3 Å². The number of hydrogen-bond acceptors (Lipinski definition) is 9. The fraction of sp³-hybridized carbons (Fsp3) is 0.462. The first-order valence-corrected chi connectivity index (χ1v) is 13.7. The molecule has 0 aliphatic carbocycles. The van der Waals surface area contributed by atoms with Crippen molar-refractivity contribution < 1.29 is 28.6 Å². The zero-order chi connectivity index (χ0) is 26.8. The first-order valence-electron chi connectivity index (χ1n) is 12.5. The van der Waals surface area contributed by atoms with Gasteiger partial charge in [0.25, 0.3) is 0 Å². The molecule has 202 valence electrons. The molecule has 0 saturated carbocycles. The molecular weight excluding hydrogens is 535 g/mol. The molecule has 0 amide bonds. The molecule has 2 saturated heterocycles. The van der Waals surface area contributed by atoms with Crippen LogP contribution in [0.15, 0.2) is 52.1 Å². The lowest BCUT2D eigenvalue weighted by Crippen LogP contribution is -2.63. The predicted molar refractivity (Wildman–Crippen MR) is 140 cm³/mol. The molecule has 1 aromatic carbocycles. The SMILES string of the molecule is CCOC(=O)C1=C(CN2[C@H]3COC[C@H]2[C@H](F)[C@@H](CC(=O)O)C3)NC(c2nccs2)=N[C@H]1c1ccccc1Cl. The van der Waals surface area contributed by atoms with E-state index in [9.17, 15) is 14.7 Å². The van der Waals surface area contributed by atoms with Crippen molar-refractivity contribution >= 4 is 40.7 Å².